The number of thioether (sulfide) groups is 1. The zero-order valence-electron chi connectivity index (χ0n) is 19.6. The molecule has 7 nitrogen and oxygen atoms in total. The minimum absolute atomic E-state index is 0.0391. The Morgan fingerprint density at radius 3 is 2.54 bits per heavy atom. The Bertz CT molecular complexity index is 1240. The average molecular weight is 580 g/mol. The first-order valence-corrected chi connectivity index (χ1v) is 14.1. The average Bonchev–Trinajstić information content (AvgIpc) is 3.11. The van der Waals surface area contributed by atoms with Gasteiger partial charge in [0.2, 0.25) is 0 Å². The van der Waals surface area contributed by atoms with Crippen LogP contribution in [0, 0.1) is 0 Å². The summed E-state index contributed by atoms with van der Waals surface area (Å²) >= 11 is 4.30. The molecule has 1 amide bonds. The standard InChI is InChI=1S/C25H27BrN2O5S2/c1-4-6-7-15-33-22-16-18(8-13-21(22)32-3)17-23-24(29)28(14-5-2)25(34-23)27-35(30,31)20-11-9-19(26)10-12-20/h5,8-13,16-17H,2,4,6-7,14-15H2,1,3H3/b23-17-,27-25?. The number of hydrogen-bond donors (Lipinski definition) is 0. The van der Waals surface area contributed by atoms with Crippen LogP contribution in [-0.2, 0) is 14.8 Å². The highest BCUT2D eigenvalue weighted by Crippen LogP contribution is 2.35. The van der Waals surface area contributed by atoms with E-state index in [-0.39, 0.29) is 22.5 Å². The van der Waals surface area contributed by atoms with Gasteiger partial charge in [-0.15, -0.1) is 11.0 Å². The predicted octanol–water partition coefficient (Wildman–Crippen LogP) is 5.87. The second kappa shape index (κ2) is 12.4. The number of amides is 1. The molecular formula is C25H27BrN2O5S2. The van der Waals surface area contributed by atoms with Gasteiger partial charge in [0, 0.05) is 11.0 Å². The van der Waals surface area contributed by atoms with E-state index in [0.29, 0.717) is 23.0 Å². The van der Waals surface area contributed by atoms with E-state index in [1.54, 1.807) is 37.5 Å². The molecule has 0 spiro atoms. The van der Waals surface area contributed by atoms with Crippen molar-refractivity contribution in [3.8, 4) is 11.5 Å². The molecule has 0 N–H and O–H groups in total. The van der Waals surface area contributed by atoms with Crippen molar-refractivity contribution < 1.29 is 22.7 Å². The fraction of sp³-hybridized carbons (Fsp3) is 0.280. The third kappa shape index (κ3) is 6.99. The van der Waals surface area contributed by atoms with Crippen molar-refractivity contribution in [2.45, 2.75) is 31.1 Å². The molecule has 0 unspecified atom stereocenters. The largest absolute Gasteiger partial charge is 0.493 e. The normalized spacial score (nSPS) is 16.2. The molecule has 1 fully saturated rings. The van der Waals surface area contributed by atoms with Gasteiger partial charge in [0.1, 0.15) is 0 Å². The first-order chi connectivity index (χ1) is 16.8. The van der Waals surface area contributed by atoms with Crippen molar-refractivity contribution in [1.82, 2.24) is 4.90 Å². The van der Waals surface area contributed by atoms with Gasteiger partial charge in [0.05, 0.1) is 23.5 Å². The summed E-state index contributed by atoms with van der Waals surface area (Å²) in [6.07, 6.45) is 6.31. The maximum Gasteiger partial charge on any atom is 0.284 e. The molecule has 0 atom stereocenters. The van der Waals surface area contributed by atoms with Crippen molar-refractivity contribution >= 4 is 54.9 Å². The predicted molar refractivity (Wildman–Crippen MR) is 144 cm³/mol. The SMILES string of the molecule is C=CCN1C(=O)/C(=C/c2ccc(OC)c(OCCCCC)c2)SC1=NS(=O)(=O)c1ccc(Br)cc1. The Kier molecular flexibility index (Phi) is 9.59. The number of methoxy groups -OCH3 is 1. The van der Waals surface area contributed by atoms with Gasteiger partial charge in [0.15, 0.2) is 16.7 Å². The van der Waals surface area contributed by atoms with Crippen molar-refractivity contribution in [3.05, 3.63) is 70.1 Å². The van der Waals surface area contributed by atoms with Crippen molar-refractivity contribution in [3.63, 3.8) is 0 Å². The number of unbranched alkanes of at least 4 members (excludes halogenated alkanes) is 2. The van der Waals surface area contributed by atoms with Crippen molar-refractivity contribution in [1.29, 1.82) is 0 Å². The molecule has 0 radical (unpaired) electrons. The summed E-state index contributed by atoms with van der Waals surface area (Å²) in [6, 6.07) is 11.6. The number of hydrogen-bond acceptors (Lipinski definition) is 6. The van der Waals surface area contributed by atoms with Crippen LogP contribution in [0.3, 0.4) is 0 Å². The van der Waals surface area contributed by atoms with E-state index in [2.05, 4.69) is 33.8 Å². The molecule has 10 heteroatoms. The minimum Gasteiger partial charge on any atom is -0.493 e. The molecule has 2 aromatic rings. The fourth-order valence-electron chi connectivity index (χ4n) is 3.21. The van der Waals surface area contributed by atoms with E-state index in [1.807, 2.05) is 6.07 Å². The molecule has 1 saturated heterocycles. The Balaban J connectivity index is 1.91. The van der Waals surface area contributed by atoms with Gasteiger partial charge in [-0.3, -0.25) is 9.69 Å². The topological polar surface area (TPSA) is 85.3 Å². The maximum absolute atomic E-state index is 13.1. The third-order valence-electron chi connectivity index (χ3n) is 5.00. The smallest absolute Gasteiger partial charge is 0.284 e. The van der Waals surface area contributed by atoms with Gasteiger partial charge < -0.3 is 9.47 Å². The zero-order valence-corrected chi connectivity index (χ0v) is 22.8. The number of benzene rings is 2. The summed E-state index contributed by atoms with van der Waals surface area (Å²) < 4.78 is 41.7. The molecule has 1 heterocycles. The highest BCUT2D eigenvalue weighted by atomic mass is 79.9. The lowest BCUT2D eigenvalue weighted by molar-refractivity contribution is -0.121. The number of halogens is 1. The molecule has 1 aliphatic rings. The number of carbonyl (C=O) groups is 1. The van der Waals surface area contributed by atoms with Gasteiger partial charge in [-0.2, -0.15) is 8.42 Å². The first-order valence-electron chi connectivity index (χ1n) is 11.0. The van der Waals surface area contributed by atoms with E-state index in [9.17, 15) is 13.2 Å². The van der Waals surface area contributed by atoms with Crippen LogP contribution in [0.25, 0.3) is 6.08 Å². The van der Waals surface area contributed by atoms with Crippen LogP contribution in [-0.4, -0.2) is 44.7 Å². The third-order valence-corrected chi connectivity index (χ3v) is 7.93. The van der Waals surface area contributed by atoms with Crippen LogP contribution in [0.2, 0.25) is 0 Å². The molecule has 0 saturated carbocycles. The van der Waals surface area contributed by atoms with Crippen LogP contribution in [0.4, 0.5) is 0 Å². The lowest BCUT2D eigenvalue weighted by Crippen LogP contribution is -2.29. The van der Waals surface area contributed by atoms with Gasteiger partial charge in [0.25, 0.3) is 15.9 Å². The monoisotopic (exact) mass is 578 g/mol. The molecule has 0 aliphatic carbocycles. The summed E-state index contributed by atoms with van der Waals surface area (Å²) in [5.74, 6) is 0.842. The van der Waals surface area contributed by atoms with E-state index in [1.165, 1.54) is 23.1 Å². The Hall–Kier alpha value is -2.56. The molecule has 1 aliphatic heterocycles. The van der Waals surface area contributed by atoms with Gasteiger partial charge >= 0.3 is 0 Å². The number of ether oxygens (including phenoxy) is 2. The van der Waals surface area contributed by atoms with E-state index < -0.39 is 10.0 Å². The second-order valence-electron chi connectivity index (χ2n) is 7.58. The highest BCUT2D eigenvalue weighted by molar-refractivity contribution is 9.10. The van der Waals surface area contributed by atoms with Gasteiger partial charge in [-0.1, -0.05) is 47.8 Å². The summed E-state index contributed by atoms with van der Waals surface area (Å²) in [4.78, 5) is 14.8. The van der Waals surface area contributed by atoms with Crippen LogP contribution >= 0.6 is 27.7 Å². The molecule has 186 valence electrons. The van der Waals surface area contributed by atoms with E-state index >= 15 is 0 Å². The van der Waals surface area contributed by atoms with Gasteiger partial charge in [-0.05, 0) is 66.2 Å². The number of amidine groups is 1. The van der Waals surface area contributed by atoms with Crippen LogP contribution < -0.4 is 9.47 Å². The zero-order chi connectivity index (χ0) is 25.4. The number of carbonyl (C=O) groups excluding carboxylic acids is 1. The van der Waals surface area contributed by atoms with Crippen LogP contribution in [0.1, 0.15) is 31.7 Å². The Labute approximate surface area is 219 Å². The van der Waals surface area contributed by atoms with Gasteiger partial charge in [-0.25, -0.2) is 0 Å². The first kappa shape index (κ1) is 27.0. The molecule has 35 heavy (non-hydrogen) atoms. The van der Waals surface area contributed by atoms with Crippen LogP contribution in [0.15, 0.2) is 73.8 Å². The van der Waals surface area contributed by atoms with Crippen molar-refractivity contribution in [2.24, 2.45) is 4.40 Å². The molecule has 2 aromatic carbocycles. The lowest BCUT2D eigenvalue weighted by Gasteiger charge is -2.12. The maximum atomic E-state index is 13.1. The van der Waals surface area contributed by atoms with E-state index in [4.69, 9.17) is 9.47 Å². The number of sulfonamides is 1. The Morgan fingerprint density at radius 1 is 1.14 bits per heavy atom. The number of nitrogens with zero attached hydrogens (tertiary/aromatic N) is 2. The number of rotatable bonds is 11. The molecular weight excluding hydrogens is 552 g/mol. The summed E-state index contributed by atoms with van der Waals surface area (Å²) in [7, 11) is -2.43. The second-order valence-corrected chi connectivity index (χ2v) is 11.1. The molecule has 3 rings (SSSR count). The van der Waals surface area contributed by atoms with Crippen LogP contribution in [0.5, 0.6) is 11.5 Å². The highest BCUT2D eigenvalue weighted by Gasteiger charge is 2.34. The quantitative estimate of drug-likeness (QED) is 0.188. The fourth-order valence-corrected chi connectivity index (χ4v) is 5.66. The summed E-state index contributed by atoms with van der Waals surface area (Å²) in [5, 5.41) is 0.0774. The van der Waals surface area contributed by atoms with E-state index in [0.717, 1.165) is 41.1 Å². The minimum atomic E-state index is -4.01. The molecule has 0 aromatic heterocycles. The molecule has 0 bridgehead atoms. The van der Waals surface area contributed by atoms with Crippen molar-refractivity contribution in [2.75, 3.05) is 20.3 Å². The lowest BCUT2D eigenvalue weighted by atomic mass is 10.2. The Morgan fingerprint density at radius 2 is 1.89 bits per heavy atom. The summed E-state index contributed by atoms with van der Waals surface area (Å²) in [5.41, 5.74) is 0.725. The summed E-state index contributed by atoms with van der Waals surface area (Å²) in [6.45, 7) is 6.50.